The van der Waals surface area contributed by atoms with Crippen molar-refractivity contribution < 1.29 is 19.2 Å². The lowest BCUT2D eigenvalue weighted by atomic mass is 9.96. The Morgan fingerprint density at radius 2 is 2.11 bits per heavy atom. The Labute approximate surface area is 109 Å². The highest BCUT2D eigenvalue weighted by molar-refractivity contribution is 6.08. The summed E-state index contributed by atoms with van der Waals surface area (Å²) in [7, 11) is 0. The Kier molecular flexibility index (Phi) is 4.34. The maximum atomic E-state index is 11.8. The van der Waals surface area contributed by atoms with E-state index in [0.717, 1.165) is 6.07 Å². The number of carbonyl (C=O) groups excluding carboxylic acids is 2. The van der Waals surface area contributed by atoms with Gasteiger partial charge in [-0.15, -0.1) is 0 Å². The highest BCUT2D eigenvalue weighted by Crippen LogP contribution is 2.20. The molecule has 0 saturated heterocycles. The van der Waals surface area contributed by atoms with Gasteiger partial charge in [0.25, 0.3) is 5.69 Å². The molecule has 0 bridgehead atoms. The smallest absolute Gasteiger partial charge is 0.338 e. The zero-order valence-electron chi connectivity index (χ0n) is 10.6. The number of carbonyl (C=O) groups is 2. The number of hydrogen-bond donors (Lipinski definition) is 1. The number of Topliss-reactive ketones (excluding diaryl/α,β-unsaturated/α-hetero) is 1. The predicted octanol–water partition coefficient (Wildman–Crippen LogP) is 1.20. The summed E-state index contributed by atoms with van der Waals surface area (Å²) < 4.78 is 4.90. The van der Waals surface area contributed by atoms with Crippen LogP contribution in [0.25, 0.3) is 0 Å². The monoisotopic (exact) mass is 266 g/mol. The number of rotatable bonds is 5. The van der Waals surface area contributed by atoms with Crippen LogP contribution in [0.3, 0.4) is 0 Å². The highest BCUT2D eigenvalue weighted by atomic mass is 16.6. The lowest BCUT2D eigenvalue weighted by Crippen LogP contribution is -2.54. The molecular formula is C12H14N2O5. The fourth-order valence-electron chi connectivity index (χ4n) is 1.35. The lowest BCUT2D eigenvalue weighted by molar-refractivity contribution is -0.384. The Bertz CT molecular complexity index is 525. The van der Waals surface area contributed by atoms with Crippen molar-refractivity contribution in [1.29, 1.82) is 0 Å². The molecule has 0 aliphatic rings. The van der Waals surface area contributed by atoms with Gasteiger partial charge in [-0.1, -0.05) is 13.0 Å². The van der Waals surface area contributed by atoms with Crippen LogP contribution in [0.15, 0.2) is 24.3 Å². The van der Waals surface area contributed by atoms with Crippen LogP contribution in [0.4, 0.5) is 5.69 Å². The zero-order chi connectivity index (χ0) is 14.6. The van der Waals surface area contributed by atoms with Gasteiger partial charge >= 0.3 is 5.97 Å². The fourth-order valence-corrected chi connectivity index (χ4v) is 1.35. The molecule has 7 heteroatoms. The van der Waals surface area contributed by atoms with Crippen molar-refractivity contribution in [2.75, 3.05) is 0 Å². The predicted molar refractivity (Wildman–Crippen MR) is 66.6 cm³/mol. The molecule has 1 atom stereocenters. The Hall–Kier alpha value is -2.28. The molecule has 1 aromatic rings. The summed E-state index contributed by atoms with van der Waals surface area (Å²) in [5, 5.41) is 10.6. The summed E-state index contributed by atoms with van der Waals surface area (Å²) in [5.41, 5.74) is 3.62. The van der Waals surface area contributed by atoms with Crippen LogP contribution in [0.2, 0.25) is 0 Å². The van der Waals surface area contributed by atoms with Gasteiger partial charge in [0, 0.05) is 12.5 Å². The van der Waals surface area contributed by atoms with Crippen LogP contribution >= 0.6 is 0 Å². The van der Waals surface area contributed by atoms with Crippen molar-refractivity contribution in [2.24, 2.45) is 5.73 Å². The molecule has 7 nitrogen and oxygen atoms in total. The number of ketones is 1. The molecule has 0 spiro atoms. The van der Waals surface area contributed by atoms with Crippen molar-refractivity contribution in [2.45, 2.75) is 25.8 Å². The van der Waals surface area contributed by atoms with E-state index in [2.05, 4.69) is 0 Å². The second-order valence-corrected chi connectivity index (χ2v) is 4.12. The van der Waals surface area contributed by atoms with Crippen LogP contribution in [0, 0.1) is 10.1 Å². The second kappa shape index (κ2) is 5.57. The average molecular weight is 266 g/mol. The van der Waals surface area contributed by atoms with Gasteiger partial charge in [0.15, 0.2) is 11.3 Å². The number of ether oxygens (including phenoxy) is 1. The molecule has 0 amide bonds. The number of benzene rings is 1. The number of esters is 1. The molecule has 0 aliphatic carbocycles. The minimum atomic E-state index is -1.76. The molecule has 0 fully saturated rings. The zero-order valence-corrected chi connectivity index (χ0v) is 10.6. The van der Waals surface area contributed by atoms with E-state index in [-0.39, 0.29) is 17.9 Å². The highest BCUT2D eigenvalue weighted by Gasteiger charge is 2.37. The third kappa shape index (κ3) is 3.35. The SMILES string of the molecule is CCC(=O)C(C)(N)C(=O)Oc1cccc([N+](=O)[O-])c1. The van der Waals surface area contributed by atoms with Gasteiger partial charge in [-0.2, -0.15) is 0 Å². The molecule has 102 valence electrons. The maximum Gasteiger partial charge on any atom is 0.338 e. The molecule has 0 saturated carbocycles. The average Bonchev–Trinajstić information content (AvgIpc) is 2.37. The summed E-state index contributed by atoms with van der Waals surface area (Å²) in [4.78, 5) is 33.2. The largest absolute Gasteiger partial charge is 0.425 e. The van der Waals surface area contributed by atoms with Gasteiger partial charge in [0.05, 0.1) is 11.0 Å². The number of nitro groups is 1. The van der Waals surface area contributed by atoms with Gasteiger partial charge in [-0.3, -0.25) is 14.9 Å². The Morgan fingerprint density at radius 1 is 1.47 bits per heavy atom. The van der Waals surface area contributed by atoms with E-state index in [9.17, 15) is 19.7 Å². The third-order valence-corrected chi connectivity index (χ3v) is 2.56. The second-order valence-electron chi connectivity index (χ2n) is 4.12. The van der Waals surface area contributed by atoms with E-state index < -0.39 is 22.2 Å². The van der Waals surface area contributed by atoms with Crippen molar-refractivity contribution >= 4 is 17.4 Å². The van der Waals surface area contributed by atoms with Gasteiger partial charge in [-0.25, -0.2) is 4.79 Å². The molecule has 0 aromatic heterocycles. The molecule has 1 rings (SSSR count). The van der Waals surface area contributed by atoms with Gasteiger partial charge < -0.3 is 10.5 Å². The van der Waals surface area contributed by atoms with E-state index in [4.69, 9.17) is 10.5 Å². The Morgan fingerprint density at radius 3 is 2.63 bits per heavy atom. The first-order valence-corrected chi connectivity index (χ1v) is 5.58. The molecule has 0 aliphatic heterocycles. The first-order chi connectivity index (χ1) is 8.78. The summed E-state index contributed by atoms with van der Waals surface area (Å²) in [5.74, 6) is -1.44. The molecule has 1 unspecified atom stereocenters. The van der Waals surface area contributed by atoms with Gasteiger partial charge in [0.2, 0.25) is 0 Å². The van der Waals surface area contributed by atoms with Crippen molar-refractivity contribution in [3.63, 3.8) is 0 Å². The molecular weight excluding hydrogens is 252 g/mol. The molecule has 19 heavy (non-hydrogen) atoms. The standard InChI is InChI=1S/C12H14N2O5/c1-3-10(15)12(2,13)11(16)19-9-6-4-5-8(7-9)14(17)18/h4-7H,3,13H2,1-2H3. The summed E-state index contributed by atoms with van der Waals surface area (Å²) in [6.07, 6.45) is 0.0943. The molecule has 0 radical (unpaired) electrons. The van der Waals surface area contributed by atoms with Crippen molar-refractivity contribution in [1.82, 2.24) is 0 Å². The Balaban J connectivity index is 2.91. The number of nitrogens with zero attached hydrogens (tertiary/aromatic N) is 1. The summed E-state index contributed by atoms with van der Waals surface area (Å²) >= 11 is 0. The number of nitro benzene ring substituents is 1. The van der Waals surface area contributed by atoms with Crippen LogP contribution in [0.5, 0.6) is 5.75 Å². The molecule has 1 aromatic carbocycles. The van der Waals surface area contributed by atoms with Crippen LogP contribution in [-0.4, -0.2) is 22.2 Å². The van der Waals surface area contributed by atoms with Crippen molar-refractivity contribution in [3.8, 4) is 5.75 Å². The quantitative estimate of drug-likeness (QED) is 0.281. The third-order valence-electron chi connectivity index (χ3n) is 2.56. The fraction of sp³-hybridized carbons (Fsp3) is 0.333. The topological polar surface area (TPSA) is 113 Å². The van der Waals surface area contributed by atoms with Crippen LogP contribution in [-0.2, 0) is 9.59 Å². The van der Waals surface area contributed by atoms with Gasteiger partial charge in [-0.05, 0) is 13.0 Å². The number of non-ortho nitro benzene ring substituents is 1. The summed E-state index contributed by atoms with van der Waals surface area (Å²) in [6, 6.07) is 5.09. The molecule has 2 N–H and O–H groups in total. The van der Waals surface area contributed by atoms with E-state index >= 15 is 0 Å². The minimum absolute atomic E-state index is 0.0280. The van der Waals surface area contributed by atoms with Crippen LogP contribution in [0.1, 0.15) is 20.3 Å². The number of hydrogen-bond acceptors (Lipinski definition) is 6. The van der Waals surface area contributed by atoms with E-state index in [1.807, 2.05) is 0 Å². The maximum absolute atomic E-state index is 11.8. The van der Waals surface area contributed by atoms with E-state index in [1.54, 1.807) is 6.92 Å². The normalized spacial score (nSPS) is 13.4. The van der Waals surface area contributed by atoms with E-state index in [1.165, 1.54) is 25.1 Å². The first-order valence-electron chi connectivity index (χ1n) is 5.58. The molecule has 0 heterocycles. The minimum Gasteiger partial charge on any atom is -0.425 e. The van der Waals surface area contributed by atoms with E-state index in [0.29, 0.717) is 0 Å². The van der Waals surface area contributed by atoms with Crippen LogP contribution < -0.4 is 10.5 Å². The first kappa shape index (κ1) is 14.8. The van der Waals surface area contributed by atoms with Gasteiger partial charge in [0.1, 0.15) is 5.75 Å². The lowest BCUT2D eigenvalue weighted by Gasteiger charge is -2.19. The number of nitrogens with two attached hydrogens (primary N) is 1. The summed E-state index contributed by atoms with van der Waals surface area (Å²) in [6.45, 7) is 2.83. The van der Waals surface area contributed by atoms with Crippen molar-refractivity contribution in [3.05, 3.63) is 34.4 Å².